The van der Waals surface area contributed by atoms with E-state index in [0.717, 1.165) is 11.1 Å². The van der Waals surface area contributed by atoms with Crippen LogP contribution in [0.3, 0.4) is 0 Å². The highest BCUT2D eigenvalue weighted by Gasteiger charge is 2.17. The molecule has 0 aliphatic heterocycles. The lowest BCUT2D eigenvalue weighted by atomic mass is 9.87. The Morgan fingerprint density at radius 2 is 1.86 bits per heavy atom. The van der Waals surface area contributed by atoms with E-state index in [1.807, 2.05) is 18.2 Å². The van der Waals surface area contributed by atoms with Crippen molar-refractivity contribution in [3.63, 3.8) is 0 Å². The highest BCUT2D eigenvalue weighted by atomic mass is 32.2. The number of anilines is 3. The van der Waals surface area contributed by atoms with Gasteiger partial charge < -0.3 is 5.73 Å². The fraction of sp³-hybridized carbons (Fsp3) is 0.200. The lowest BCUT2D eigenvalue weighted by Gasteiger charge is -2.19. The van der Waals surface area contributed by atoms with E-state index in [-0.39, 0.29) is 10.3 Å². The summed E-state index contributed by atoms with van der Waals surface area (Å²) in [4.78, 5) is 4.26. The van der Waals surface area contributed by atoms with Crippen molar-refractivity contribution in [1.29, 1.82) is 0 Å². The molecule has 0 bridgehead atoms. The van der Waals surface area contributed by atoms with E-state index in [9.17, 15) is 8.42 Å². The minimum absolute atomic E-state index is 0.0399. The molecular formula is C20H23N5O2S2. The number of nitrogen functional groups attached to an aromatic ring is 1. The molecule has 152 valence electrons. The number of sulfonamides is 1. The Morgan fingerprint density at radius 3 is 2.48 bits per heavy atom. The Balaban J connectivity index is 1.71. The minimum Gasteiger partial charge on any atom is -0.383 e. The van der Waals surface area contributed by atoms with Gasteiger partial charge >= 0.3 is 0 Å². The summed E-state index contributed by atoms with van der Waals surface area (Å²) in [5, 5.41) is 6.38. The van der Waals surface area contributed by atoms with Crippen molar-refractivity contribution in [2.24, 2.45) is 5.10 Å². The van der Waals surface area contributed by atoms with Crippen LogP contribution in [0.4, 0.5) is 16.6 Å². The van der Waals surface area contributed by atoms with Gasteiger partial charge in [-0.1, -0.05) is 45.0 Å². The number of benzene rings is 2. The van der Waals surface area contributed by atoms with Crippen molar-refractivity contribution in [2.45, 2.75) is 31.1 Å². The van der Waals surface area contributed by atoms with Gasteiger partial charge in [-0.3, -0.25) is 10.1 Å². The van der Waals surface area contributed by atoms with Crippen molar-refractivity contribution in [3.8, 4) is 0 Å². The summed E-state index contributed by atoms with van der Waals surface area (Å²) in [6.45, 7) is 6.25. The van der Waals surface area contributed by atoms with Crippen LogP contribution >= 0.6 is 11.3 Å². The Hall–Kier alpha value is -2.91. The SMILES string of the molecule is CC(C)(C)c1ccc(S(=O)(=O)Nc2cccc(C=NNc3nc(N)cs3)c2)cc1. The van der Waals surface area contributed by atoms with Gasteiger partial charge in [-0.25, -0.2) is 13.4 Å². The average molecular weight is 430 g/mol. The number of hydrazone groups is 1. The number of hydrogen-bond donors (Lipinski definition) is 3. The van der Waals surface area contributed by atoms with E-state index in [1.165, 1.54) is 11.3 Å². The van der Waals surface area contributed by atoms with E-state index in [4.69, 9.17) is 5.73 Å². The molecule has 4 N–H and O–H groups in total. The largest absolute Gasteiger partial charge is 0.383 e. The molecule has 0 saturated carbocycles. The Labute approximate surface area is 174 Å². The van der Waals surface area contributed by atoms with Gasteiger partial charge in [-0.05, 0) is 40.8 Å². The number of aromatic nitrogens is 1. The fourth-order valence-corrected chi connectivity index (χ4v) is 4.13. The van der Waals surface area contributed by atoms with Crippen molar-refractivity contribution in [2.75, 3.05) is 15.9 Å². The number of nitrogens with one attached hydrogen (secondary N) is 2. The van der Waals surface area contributed by atoms with Crippen molar-refractivity contribution < 1.29 is 8.42 Å². The second kappa shape index (κ2) is 8.22. The lowest BCUT2D eigenvalue weighted by molar-refractivity contribution is 0.587. The van der Waals surface area contributed by atoms with Crippen LogP contribution in [0.25, 0.3) is 0 Å². The number of thiazole rings is 1. The van der Waals surface area contributed by atoms with Crippen LogP contribution in [0.2, 0.25) is 0 Å². The van der Waals surface area contributed by atoms with E-state index < -0.39 is 10.0 Å². The highest BCUT2D eigenvalue weighted by molar-refractivity contribution is 7.92. The number of hydrogen-bond acceptors (Lipinski definition) is 7. The molecule has 3 aromatic rings. The summed E-state index contributed by atoms with van der Waals surface area (Å²) in [6.07, 6.45) is 1.58. The van der Waals surface area contributed by atoms with Gasteiger partial charge in [0.15, 0.2) is 0 Å². The smallest absolute Gasteiger partial charge is 0.261 e. The molecule has 3 rings (SSSR count). The van der Waals surface area contributed by atoms with Gasteiger partial charge in [-0.15, -0.1) is 11.3 Å². The Bertz CT molecular complexity index is 1110. The zero-order valence-corrected chi connectivity index (χ0v) is 18.0. The summed E-state index contributed by atoms with van der Waals surface area (Å²) in [5.74, 6) is 0.430. The first kappa shape index (κ1) is 20.8. The third-order valence-electron chi connectivity index (χ3n) is 4.07. The van der Waals surface area contributed by atoms with E-state index in [2.05, 4.69) is 41.0 Å². The highest BCUT2D eigenvalue weighted by Crippen LogP contribution is 2.24. The molecule has 0 unspecified atom stereocenters. The molecule has 0 fully saturated rings. The van der Waals surface area contributed by atoms with Gasteiger partial charge in [0.05, 0.1) is 11.1 Å². The van der Waals surface area contributed by atoms with E-state index >= 15 is 0 Å². The van der Waals surface area contributed by atoms with Crippen LogP contribution in [0, 0.1) is 0 Å². The fourth-order valence-electron chi connectivity index (χ4n) is 2.53. The molecule has 1 aromatic heterocycles. The van der Waals surface area contributed by atoms with E-state index in [0.29, 0.717) is 16.6 Å². The maximum atomic E-state index is 12.7. The topological polar surface area (TPSA) is 109 Å². The maximum absolute atomic E-state index is 12.7. The molecular weight excluding hydrogens is 406 g/mol. The minimum atomic E-state index is -3.69. The lowest BCUT2D eigenvalue weighted by Crippen LogP contribution is -2.15. The molecule has 29 heavy (non-hydrogen) atoms. The van der Waals surface area contributed by atoms with Crippen LogP contribution in [0.5, 0.6) is 0 Å². The molecule has 0 saturated heterocycles. The second-order valence-corrected chi connectivity index (χ2v) is 9.99. The zero-order valence-electron chi connectivity index (χ0n) is 16.4. The molecule has 2 aromatic carbocycles. The molecule has 7 nitrogen and oxygen atoms in total. The first-order chi connectivity index (χ1) is 13.6. The third kappa shape index (κ3) is 5.55. The van der Waals surface area contributed by atoms with Gasteiger partial charge in [0.2, 0.25) is 5.13 Å². The van der Waals surface area contributed by atoms with Crippen molar-refractivity contribution in [3.05, 3.63) is 65.0 Å². The molecule has 9 heteroatoms. The zero-order chi connectivity index (χ0) is 21.1. The summed E-state index contributed by atoms with van der Waals surface area (Å²) >= 11 is 1.34. The first-order valence-corrected chi connectivity index (χ1v) is 11.2. The van der Waals surface area contributed by atoms with Crippen LogP contribution < -0.4 is 15.9 Å². The average Bonchev–Trinajstić information content (AvgIpc) is 3.06. The van der Waals surface area contributed by atoms with Crippen LogP contribution in [-0.4, -0.2) is 19.6 Å². The maximum Gasteiger partial charge on any atom is 0.261 e. The normalized spacial score (nSPS) is 12.2. The van der Waals surface area contributed by atoms with Crippen molar-refractivity contribution >= 4 is 44.2 Å². The summed E-state index contributed by atoms with van der Waals surface area (Å²) in [7, 11) is -3.69. The molecule has 0 aliphatic carbocycles. The predicted molar refractivity (Wildman–Crippen MR) is 120 cm³/mol. The second-order valence-electron chi connectivity index (χ2n) is 7.45. The number of rotatable bonds is 6. The quantitative estimate of drug-likeness (QED) is 0.400. The van der Waals surface area contributed by atoms with Gasteiger partial charge in [0.1, 0.15) is 5.82 Å². The van der Waals surface area contributed by atoms with Crippen molar-refractivity contribution in [1.82, 2.24) is 4.98 Å². The Morgan fingerprint density at radius 1 is 1.14 bits per heavy atom. The molecule has 0 aliphatic rings. The van der Waals surface area contributed by atoms with E-state index in [1.54, 1.807) is 41.9 Å². The third-order valence-corrected chi connectivity index (χ3v) is 6.23. The molecule has 0 spiro atoms. The molecule has 0 amide bonds. The van der Waals surface area contributed by atoms with Gasteiger partial charge in [-0.2, -0.15) is 5.10 Å². The standard InChI is InChI=1S/C20H23N5O2S2/c1-20(2,3)15-7-9-17(10-8-15)29(26,27)25-16-6-4-5-14(11-16)12-22-24-19-23-18(21)13-28-19/h4-13,25H,21H2,1-3H3,(H,23,24). The molecule has 0 radical (unpaired) electrons. The summed E-state index contributed by atoms with van der Waals surface area (Å²) < 4.78 is 28.0. The first-order valence-electron chi connectivity index (χ1n) is 8.87. The van der Waals surface area contributed by atoms with Crippen LogP contribution in [0.1, 0.15) is 31.9 Å². The summed E-state index contributed by atoms with van der Waals surface area (Å²) in [6, 6.07) is 13.9. The number of nitrogens with zero attached hydrogens (tertiary/aromatic N) is 2. The predicted octanol–water partition coefficient (Wildman–Crippen LogP) is 4.27. The van der Waals surface area contributed by atoms with Crippen LogP contribution in [0.15, 0.2) is 63.9 Å². The Kier molecular flexibility index (Phi) is 5.90. The molecule has 1 heterocycles. The summed E-state index contributed by atoms with van der Waals surface area (Å²) in [5.41, 5.74) is 10.6. The number of nitrogens with two attached hydrogens (primary N) is 1. The molecule has 0 atom stereocenters. The monoisotopic (exact) mass is 429 g/mol. The van der Waals surface area contributed by atoms with Gasteiger partial charge in [0, 0.05) is 11.1 Å². The van der Waals surface area contributed by atoms with Gasteiger partial charge in [0.25, 0.3) is 10.0 Å². The van der Waals surface area contributed by atoms with Crippen LogP contribution in [-0.2, 0) is 15.4 Å².